The molecule has 80 heavy (non-hydrogen) atoms. The van der Waals surface area contributed by atoms with Gasteiger partial charge in [-0.1, -0.05) is 0 Å². The lowest BCUT2D eigenvalue weighted by molar-refractivity contribution is -0.481. The van der Waals surface area contributed by atoms with Gasteiger partial charge >= 0.3 is 0 Å². The Labute approximate surface area is 471 Å². The molecular formula is C30H120B5N15O30. The van der Waals surface area contributed by atoms with Gasteiger partial charge in [0.15, 0.2) is 0 Å². The SMILES string of the molecule is [NH3+]CCO.[NH3+]CCO.[NH3+]CCO.[NH3+]CCO.[NH3+]CCO.[NH3+]CCO.[NH3+]CCO.[NH3+]CCO.[NH3+]CCO.[NH3+]CCO.[NH3+]CCO.[NH3+]CCO.[NH3+]CCO.[NH3+]CCO.[NH3+]CCO.[O-]B([O-])[O-].[O-]B([O-])[O-].[O-]B([O-])[O-].[O-]B([O-])[O-].[O-]B([O-])[O-]. The minimum Gasteiger partial charge on any atom is -0.907 e. The van der Waals surface area contributed by atoms with Gasteiger partial charge in [-0.05, 0) is 0 Å². The van der Waals surface area contributed by atoms with E-state index in [-0.39, 0.29) is 99.1 Å². The Balaban J connectivity index is -0.0000000263. The largest absolute Gasteiger partial charge is 0.907 e. The normalized spacial score (nSPS) is 7.31. The van der Waals surface area contributed by atoms with E-state index < -0.39 is 36.6 Å². The molecule has 0 rings (SSSR count). The van der Waals surface area contributed by atoms with E-state index in [1.54, 1.807) is 0 Å². The molecule has 0 aliphatic rings. The highest BCUT2D eigenvalue weighted by molar-refractivity contribution is 6.24. The first-order valence-electron chi connectivity index (χ1n) is 23.3. The summed E-state index contributed by atoms with van der Waals surface area (Å²) in [7, 11) is -14.6. The minimum absolute atomic E-state index is 0.208. The molecule has 0 amide bonds. The monoisotopic (exact) mass is 1230 g/mol. The van der Waals surface area contributed by atoms with E-state index >= 15 is 0 Å². The molecule has 0 aliphatic carbocycles. The second-order valence-electron chi connectivity index (χ2n) is 10.1. The van der Waals surface area contributed by atoms with Gasteiger partial charge in [0.2, 0.25) is 0 Å². The lowest BCUT2D eigenvalue weighted by atomic mass is 10.3. The number of rotatable bonds is 15. The van der Waals surface area contributed by atoms with Crippen molar-refractivity contribution in [3.63, 3.8) is 0 Å². The molecule has 0 fully saturated rings. The third-order valence-electron chi connectivity index (χ3n) is 2.37. The van der Waals surface area contributed by atoms with Gasteiger partial charge in [0.25, 0.3) is 0 Å². The van der Waals surface area contributed by atoms with E-state index in [2.05, 4.69) is 86.0 Å². The number of hydrogen-bond acceptors (Lipinski definition) is 30. The van der Waals surface area contributed by atoms with Crippen LogP contribution in [0.1, 0.15) is 0 Å². The summed E-state index contributed by atoms with van der Waals surface area (Å²) >= 11 is 0. The van der Waals surface area contributed by atoms with Crippen molar-refractivity contribution >= 4 is 36.6 Å². The zero-order valence-corrected chi connectivity index (χ0v) is 47.5. The Bertz CT molecular complexity index is 430. The average molecular weight is 1230 g/mol. The van der Waals surface area contributed by atoms with Crippen LogP contribution in [0.3, 0.4) is 0 Å². The summed E-state index contributed by atoms with van der Waals surface area (Å²) in [6.07, 6.45) is 0. The quantitative estimate of drug-likeness (QED) is 0.0677. The summed E-state index contributed by atoms with van der Waals surface area (Å²) in [6, 6.07) is 0. The van der Waals surface area contributed by atoms with Crippen molar-refractivity contribution in [3.8, 4) is 0 Å². The van der Waals surface area contributed by atoms with Gasteiger partial charge in [-0.2, -0.15) is 0 Å². The van der Waals surface area contributed by atoms with Crippen molar-refractivity contribution < 1.29 is 238 Å². The van der Waals surface area contributed by atoms with Gasteiger partial charge in [0.05, 0.1) is 197 Å². The summed E-state index contributed by atoms with van der Waals surface area (Å²) in [5.41, 5.74) is 50.3. The lowest BCUT2D eigenvalue weighted by Gasteiger charge is -2.35. The molecule has 0 unspecified atom stereocenters. The van der Waals surface area contributed by atoms with Gasteiger partial charge in [0.1, 0.15) is 0 Å². The molecule has 510 valence electrons. The van der Waals surface area contributed by atoms with Gasteiger partial charge in [-0.3, -0.25) is 36.6 Å². The molecule has 0 bridgehead atoms. The van der Waals surface area contributed by atoms with Crippen molar-refractivity contribution in [3.05, 3.63) is 0 Å². The van der Waals surface area contributed by atoms with Gasteiger partial charge in [0, 0.05) is 0 Å². The van der Waals surface area contributed by atoms with Crippen LogP contribution in [-0.4, -0.2) is 310 Å². The second-order valence-corrected chi connectivity index (χ2v) is 10.1. The third-order valence-corrected chi connectivity index (χ3v) is 2.37. The van der Waals surface area contributed by atoms with E-state index in [0.717, 1.165) is 0 Å². The van der Waals surface area contributed by atoms with Crippen molar-refractivity contribution in [1.29, 1.82) is 0 Å². The van der Waals surface area contributed by atoms with Crippen LogP contribution in [0.25, 0.3) is 0 Å². The Hall–Kier alpha value is -1.48. The second kappa shape index (κ2) is 240. The van der Waals surface area contributed by atoms with Crippen LogP contribution < -0.4 is 161 Å². The maximum atomic E-state index is 8.42. The maximum absolute atomic E-state index is 8.42. The van der Waals surface area contributed by atoms with Gasteiger partial charge in [-0.15, -0.1) is 0 Å². The summed E-state index contributed by atoms with van der Waals surface area (Å²) in [5, 5.41) is 243. The molecule has 45 nitrogen and oxygen atoms in total. The van der Waals surface area contributed by atoms with E-state index in [0.29, 0.717) is 98.2 Å². The van der Waals surface area contributed by atoms with Crippen molar-refractivity contribution in [2.45, 2.75) is 0 Å². The van der Waals surface area contributed by atoms with Crippen LogP contribution in [0.5, 0.6) is 0 Å². The number of aliphatic hydroxyl groups is 15. The molecular weight excluding hydrogens is 1100 g/mol. The van der Waals surface area contributed by atoms with Crippen LogP contribution in [-0.2, 0) is 0 Å². The predicted octanol–water partition coefficient (Wildman–Crippen LogP) is -46.4. The Kier molecular flexibility index (Phi) is 413. The van der Waals surface area contributed by atoms with Crippen LogP contribution >= 0.6 is 0 Å². The molecule has 60 N–H and O–H groups in total. The standard InChI is InChI=1S/15C2H7NO.5BO3/c15*3-1-2-4;5*2-1(3)4/h15*4H,1-3H2;;;;;/q;;;;;;;;;;;;;;;5*-3/p+15. The highest BCUT2D eigenvalue weighted by atomic mass is 16.5. The Morgan fingerprint density at radius 2 is 0.150 bits per heavy atom. The highest BCUT2D eigenvalue weighted by Crippen LogP contribution is 1.33. The molecule has 0 aromatic rings. The number of hydrogen-bond donors (Lipinski definition) is 30. The average Bonchev–Trinajstić information content (AvgIpc) is 3.44. The molecule has 0 aliphatic heterocycles. The first-order chi connectivity index (χ1) is 37.4. The van der Waals surface area contributed by atoms with Crippen molar-refractivity contribution in [2.24, 2.45) is 0 Å². The first-order valence-corrected chi connectivity index (χ1v) is 23.3. The molecule has 0 saturated heterocycles. The van der Waals surface area contributed by atoms with Crippen LogP contribution in [0.15, 0.2) is 0 Å². The number of aliphatic hydroxyl groups excluding tert-OH is 15. The Morgan fingerprint density at radius 1 is 0.138 bits per heavy atom. The molecule has 0 aromatic carbocycles. The lowest BCUT2D eigenvalue weighted by Crippen LogP contribution is -2.56. The van der Waals surface area contributed by atoms with Crippen LogP contribution in [0.4, 0.5) is 0 Å². The summed E-state index contributed by atoms with van der Waals surface area (Å²) in [6.45, 7) is 12.5. The smallest absolute Gasteiger partial charge is 0.0974 e. The van der Waals surface area contributed by atoms with Gasteiger partial charge in [-0.25, -0.2) is 0 Å². The van der Waals surface area contributed by atoms with Gasteiger partial charge < -0.3 is 238 Å². The van der Waals surface area contributed by atoms with E-state index in [1.165, 1.54) is 0 Å². The third kappa shape index (κ3) is 2390. The van der Waals surface area contributed by atoms with E-state index in [4.69, 9.17) is 152 Å². The molecule has 0 spiro atoms. The zero-order valence-electron chi connectivity index (χ0n) is 47.5. The molecule has 0 saturated carbocycles. The molecule has 0 radical (unpaired) electrons. The minimum atomic E-state index is -2.92. The molecule has 50 heteroatoms. The van der Waals surface area contributed by atoms with Crippen molar-refractivity contribution in [1.82, 2.24) is 0 Å². The molecule has 0 atom stereocenters. The summed E-state index contributed by atoms with van der Waals surface area (Å²) in [5.74, 6) is 0. The summed E-state index contributed by atoms with van der Waals surface area (Å²) in [4.78, 5) is 0. The van der Waals surface area contributed by atoms with Crippen LogP contribution in [0, 0.1) is 0 Å². The summed E-state index contributed by atoms with van der Waals surface area (Å²) < 4.78 is 0. The predicted molar refractivity (Wildman–Crippen MR) is 251 cm³/mol. The Morgan fingerprint density at radius 3 is 0.150 bits per heavy atom. The molecule has 0 aromatic heterocycles. The zero-order chi connectivity index (χ0) is 69.1. The van der Waals surface area contributed by atoms with E-state index in [1.807, 2.05) is 0 Å². The van der Waals surface area contributed by atoms with E-state index in [9.17, 15) is 0 Å². The fourth-order valence-electron chi connectivity index (χ4n) is 0. The fourth-order valence-corrected chi connectivity index (χ4v) is 0. The number of quaternary nitrogens is 15. The van der Waals surface area contributed by atoms with Crippen LogP contribution in [0.2, 0.25) is 0 Å². The fraction of sp³-hybridized carbons (Fsp3) is 1.00. The maximum Gasteiger partial charge on any atom is 0.0974 e. The topological polar surface area (TPSA) is 1060 Å². The van der Waals surface area contributed by atoms with Crippen molar-refractivity contribution in [2.75, 3.05) is 197 Å². The highest BCUT2D eigenvalue weighted by Gasteiger charge is 1.66. The molecule has 0 heterocycles. The first kappa shape index (κ1) is 138.